The normalized spacial score (nSPS) is 8.56. The number of carbonyl (C=O) groups excluding carboxylic acids is 1. The summed E-state index contributed by atoms with van der Waals surface area (Å²) < 4.78 is 13.0. The first-order chi connectivity index (χ1) is 7.61. The molecule has 1 N–H and O–H groups in total. The van der Waals surface area contributed by atoms with Crippen LogP contribution in [0.4, 0.5) is 4.39 Å². The van der Waals surface area contributed by atoms with Gasteiger partial charge in [-0.05, 0) is 18.2 Å². The van der Waals surface area contributed by atoms with Crippen LogP contribution in [0, 0.1) is 29.0 Å². The van der Waals surface area contributed by atoms with E-state index in [0.29, 0.717) is 5.56 Å². The van der Waals surface area contributed by atoms with E-state index in [2.05, 4.69) is 17.2 Å². The number of nitrogens with one attached hydrogen (secondary N) is 1. The number of amides is 1. The molecule has 3 nitrogen and oxygen atoms in total. The van der Waals surface area contributed by atoms with Crippen molar-refractivity contribution in [3.63, 3.8) is 0 Å². The van der Waals surface area contributed by atoms with Gasteiger partial charge in [-0.3, -0.25) is 4.79 Å². The number of benzene rings is 1. The van der Waals surface area contributed by atoms with Crippen LogP contribution in [0.25, 0.3) is 0 Å². The molecule has 0 aromatic heterocycles. The molecule has 0 spiro atoms. The van der Waals surface area contributed by atoms with Crippen LogP contribution in [0.2, 0.25) is 0 Å². The van der Waals surface area contributed by atoms with E-state index < -0.39 is 5.82 Å². The van der Waals surface area contributed by atoms with E-state index in [1.54, 1.807) is 0 Å². The van der Waals surface area contributed by atoms with Gasteiger partial charge in [-0.25, -0.2) is 4.39 Å². The zero-order valence-corrected chi connectivity index (χ0v) is 8.67. The maximum Gasteiger partial charge on any atom is 0.217 e. The molecule has 0 bridgehead atoms. The van der Waals surface area contributed by atoms with Crippen molar-refractivity contribution in [2.45, 2.75) is 6.92 Å². The van der Waals surface area contributed by atoms with Crippen LogP contribution < -0.4 is 5.32 Å². The van der Waals surface area contributed by atoms with Gasteiger partial charge in [0.2, 0.25) is 5.91 Å². The van der Waals surface area contributed by atoms with Crippen LogP contribution in [0.5, 0.6) is 0 Å². The smallest absolute Gasteiger partial charge is 0.217 e. The standard InChI is InChI=1S/C12H9FN2O/c1-9(16)15-4-2-3-10-5-11(8-14)7-12(13)6-10/h5-7H,4H2,1H3,(H,15,16). The molecule has 0 saturated carbocycles. The summed E-state index contributed by atoms with van der Waals surface area (Å²) in [6.45, 7) is 1.59. The molecule has 0 radical (unpaired) electrons. The Morgan fingerprint density at radius 3 is 2.75 bits per heavy atom. The Morgan fingerprint density at radius 2 is 2.12 bits per heavy atom. The molecule has 1 amide bonds. The molecule has 0 aliphatic rings. The van der Waals surface area contributed by atoms with Crippen LogP contribution in [0.3, 0.4) is 0 Å². The molecule has 0 heterocycles. The zero-order chi connectivity index (χ0) is 12.0. The Morgan fingerprint density at radius 1 is 1.44 bits per heavy atom. The second-order valence-corrected chi connectivity index (χ2v) is 3.05. The third-order valence-electron chi connectivity index (χ3n) is 1.69. The Hall–Kier alpha value is -2.33. The number of carbonyl (C=O) groups is 1. The third-order valence-corrected chi connectivity index (χ3v) is 1.69. The average Bonchev–Trinajstić information content (AvgIpc) is 2.23. The summed E-state index contributed by atoms with van der Waals surface area (Å²) >= 11 is 0. The van der Waals surface area contributed by atoms with Crippen molar-refractivity contribution < 1.29 is 9.18 Å². The van der Waals surface area contributed by atoms with E-state index in [1.165, 1.54) is 19.1 Å². The fraction of sp³-hybridized carbons (Fsp3) is 0.167. The summed E-state index contributed by atoms with van der Waals surface area (Å²) in [5.41, 5.74) is 0.644. The summed E-state index contributed by atoms with van der Waals surface area (Å²) in [5.74, 6) is 4.64. The van der Waals surface area contributed by atoms with Gasteiger partial charge in [0.05, 0.1) is 18.2 Å². The Balaban J connectivity index is 2.77. The first-order valence-electron chi connectivity index (χ1n) is 4.56. The summed E-state index contributed by atoms with van der Waals surface area (Å²) in [4.78, 5) is 10.5. The molecule has 4 heteroatoms. The Labute approximate surface area is 92.9 Å². The number of halogens is 1. The Kier molecular flexibility index (Phi) is 4.06. The Bertz CT molecular complexity index is 506. The van der Waals surface area contributed by atoms with Gasteiger partial charge in [0.1, 0.15) is 5.82 Å². The molecule has 0 atom stereocenters. The maximum absolute atomic E-state index is 13.0. The van der Waals surface area contributed by atoms with E-state index in [4.69, 9.17) is 5.26 Å². The molecule has 16 heavy (non-hydrogen) atoms. The van der Waals surface area contributed by atoms with Crippen molar-refractivity contribution in [3.8, 4) is 17.9 Å². The van der Waals surface area contributed by atoms with Crippen LogP contribution in [-0.2, 0) is 4.79 Å². The second-order valence-electron chi connectivity index (χ2n) is 3.05. The largest absolute Gasteiger partial charge is 0.345 e. The lowest BCUT2D eigenvalue weighted by molar-refractivity contribution is -0.118. The fourth-order valence-electron chi connectivity index (χ4n) is 1.04. The van der Waals surface area contributed by atoms with Gasteiger partial charge in [-0.1, -0.05) is 11.8 Å². The molecule has 0 aliphatic carbocycles. The first kappa shape index (κ1) is 11.7. The van der Waals surface area contributed by atoms with Crippen LogP contribution in [0.1, 0.15) is 18.1 Å². The van der Waals surface area contributed by atoms with Gasteiger partial charge in [0.15, 0.2) is 0 Å². The molecule has 0 fully saturated rings. The molecular weight excluding hydrogens is 207 g/mol. The van der Waals surface area contributed by atoms with Crippen molar-refractivity contribution in [1.29, 1.82) is 5.26 Å². The minimum atomic E-state index is -0.497. The zero-order valence-electron chi connectivity index (χ0n) is 8.67. The highest BCUT2D eigenvalue weighted by Gasteiger charge is 1.97. The average molecular weight is 216 g/mol. The first-order valence-corrected chi connectivity index (χ1v) is 4.56. The predicted molar refractivity (Wildman–Crippen MR) is 56.7 cm³/mol. The molecular formula is C12H9FN2O. The molecule has 1 aromatic carbocycles. The highest BCUT2D eigenvalue weighted by molar-refractivity contribution is 5.73. The van der Waals surface area contributed by atoms with Gasteiger partial charge in [-0.15, -0.1) is 0 Å². The summed E-state index contributed by atoms with van der Waals surface area (Å²) in [7, 11) is 0. The van der Waals surface area contributed by atoms with Crippen LogP contribution in [0.15, 0.2) is 18.2 Å². The lowest BCUT2D eigenvalue weighted by atomic mass is 10.1. The van der Waals surface area contributed by atoms with E-state index in [0.717, 1.165) is 6.07 Å². The lowest BCUT2D eigenvalue weighted by Gasteiger charge is -1.94. The monoisotopic (exact) mass is 216 g/mol. The van der Waals surface area contributed by atoms with Crippen molar-refractivity contribution in [3.05, 3.63) is 35.1 Å². The molecule has 0 saturated heterocycles. The topological polar surface area (TPSA) is 52.9 Å². The minimum Gasteiger partial charge on any atom is -0.345 e. The van der Waals surface area contributed by atoms with Gasteiger partial charge in [0, 0.05) is 12.5 Å². The molecule has 0 aliphatic heterocycles. The van der Waals surface area contributed by atoms with Crippen LogP contribution >= 0.6 is 0 Å². The van der Waals surface area contributed by atoms with Gasteiger partial charge in [0.25, 0.3) is 0 Å². The van der Waals surface area contributed by atoms with E-state index in [1.807, 2.05) is 6.07 Å². The summed E-state index contributed by atoms with van der Waals surface area (Å²) in [5, 5.41) is 11.1. The predicted octanol–water partition coefficient (Wildman–Crippen LogP) is 1.18. The molecule has 80 valence electrons. The SMILES string of the molecule is CC(=O)NCC#Cc1cc(F)cc(C#N)c1. The fourth-order valence-corrected chi connectivity index (χ4v) is 1.04. The number of hydrogen-bond acceptors (Lipinski definition) is 2. The van der Waals surface area contributed by atoms with Crippen LogP contribution in [-0.4, -0.2) is 12.5 Å². The van der Waals surface area contributed by atoms with Crippen molar-refractivity contribution in [2.75, 3.05) is 6.54 Å². The van der Waals surface area contributed by atoms with E-state index >= 15 is 0 Å². The van der Waals surface area contributed by atoms with Crippen molar-refractivity contribution >= 4 is 5.91 Å². The third kappa shape index (κ3) is 3.81. The van der Waals surface area contributed by atoms with Crippen molar-refractivity contribution in [1.82, 2.24) is 5.32 Å². The second kappa shape index (κ2) is 5.53. The molecule has 0 unspecified atom stereocenters. The summed E-state index contributed by atoms with van der Waals surface area (Å²) in [6.07, 6.45) is 0. The molecule has 1 rings (SSSR count). The number of rotatable bonds is 1. The highest BCUT2D eigenvalue weighted by atomic mass is 19.1. The lowest BCUT2D eigenvalue weighted by Crippen LogP contribution is -2.19. The highest BCUT2D eigenvalue weighted by Crippen LogP contribution is 2.06. The van der Waals surface area contributed by atoms with Gasteiger partial charge in [-0.2, -0.15) is 5.26 Å². The summed E-state index contributed by atoms with van der Waals surface area (Å²) in [6, 6.07) is 5.70. The maximum atomic E-state index is 13.0. The quantitative estimate of drug-likeness (QED) is 0.717. The number of nitrogens with zero attached hydrogens (tertiary/aromatic N) is 1. The number of nitriles is 1. The van der Waals surface area contributed by atoms with Gasteiger partial charge >= 0.3 is 0 Å². The minimum absolute atomic E-state index is 0.175. The van der Waals surface area contributed by atoms with E-state index in [9.17, 15) is 9.18 Å². The van der Waals surface area contributed by atoms with Crippen molar-refractivity contribution in [2.24, 2.45) is 0 Å². The van der Waals surface area contributed by atoms with E-state index in [-0.39, 0.29) is 18.0 Å². The number of hydrogen-bond donors (Lipinski definition) is 1. The molecule has 1 aromatic rings. The van der Waals surface area contributed by atoms with Gasteiger partial charge < -0.3 is 5.32 Å².